The van der Waals surface area contributed by atoms with E-state index < -0.39 is 0 Å². The number of nitrogen functional groups attached to an aromatic ring is 1. The number of aryl methyl sites for hydroxylation is 1. The minimum absolute atomic E-state index is 0.0985. The fourth-order valence-electron chi connectivity index (χ4n) is 2.19. The van der Waals surface area contributed by atoms with E-state index in [0.29, 0.717) is 11.4 Å². The SMILES string of the molecule is CCCCN(C(=O)c1cc(N)cn1CC)C(C)CC. The molecule has 0 radical (unpaired) electrons. The molecule has 1 unspecified atom stereocenters. The highest BCUT2D eigenvalue weighted by atomic mass is 16.2. The summed E-state index contributed by atoms with van der Waals surface area (Å²) in [5.74, 6) is 0.0985. The van der Waals surface area contributed by atoms with E-state index in [9.17, 15) is 4.79 Å². The Labute approximate surface area is 116 Å². The van der Waals surface area contributed by atoms with E-state index in [1.165, 1.54) is 0 Å². The van der Waals surface area contributed by atoms with Crippen molar-refractivity contribution in [3.05, 3.63) is 18.0 Å². The maximum Gasteiger partial charge on any atom is 0.270 e. The number of hydrogen-bond donors (Lipinski definition) is 1. The predicted molar refractivity (Wildman–Crippen MR) is 80.2 cm³/mol. The third-order valence-electron chi connectivity index (χ3n) is 3.61. The minimum atomic E-state index is 0.0985. The van der Waals surface area contributed by atoms with Crippen molar-refractivity contribution in [3.63, 3.8) is 0 Å². The zero-order chi connectivity index (χ0) is 14.4. The molecule has 0 aliphatic rings. The highest BCUT2D eigenvalue weighted by Crippen LogP contribution is 2.16. The molecule has 2 N–H and O–H groups in total. The van der Waals surface area contributed by atoms with Crippen LogP contribution in [0.5, 0.6) is 0 Å². The molecule has 0 aromatic carbocycles. The van der Waals surface area contributed by atoms with Crippen LogP contribution in [-0.4, -0.2) is 28.0 Å². The van der Waals surface area contributed by atoms with Gasteiger partial charge in [-0.25, -0.2) is 0 Å². The third kappa shape index (κ3) is 3.75. The van der Waals surface area contributed by atoms with Crippen molar-refractivity contribution in [1.29, 1.82) is 0 Å². The van der Waals surface area contributed by atoms with Gasteiger partial charge in [0.2, 0.25) is 0 Å². The van der Waals surface area contributed by atoms with Gasteiger partial charge in [0, 0.05) is 25.3 Å². The number of aromatic nitrogens is 1. The quantitative estimate of drug-likeness (QED) is 0.823. The van der Waals surface area contributed by atoms with Gasteiger partial charge >= 0.3 is 0 Å². The molecule has 0 saturated heterocycles. The Kier molecular flexibility index (Phi) is 5.93. The smallest absolute Gasteiger partial charge is 0.270 e. The first-order chi connectivity index (χ1) is 9.04. The topological polar surface area (TPSA) is 51.3 Å². The summed E-state index contributed by atoms with van der Waals surface area (Å²) < 4.78 is 1.93. The zero-order valence-electron chi connectivity index (χ0n) is 12.6. The largest absolute Gasteiger partial charge is 0.397 e. The molecule has 1 aromatic heterocycles. The molecule has 108 valence electrons. The van der Waals surface area contributed by atoms with Crippen LogP contribution in [0.15, 0.2) is 12.3 Å². The normalized spacial score (nSPS) is 12.4. The average molecular weight is 265 g/mol. The van der Waals surface area contributed by atoms with E-state index in [0.717, 1.165) is 32.4 Å². The monoisotopic (exact) mass is 265 g/mol. The Bertz CT molecular complexity index is 412. The van der Waals surface area contributed by atoms with Crippen LogP contribution in [0.3, 0.4) is 0 Å². The van der Waals surface area contributed by atoms with E-state index >= 15 is 0 Å². The van der Waals surface area contributed by atoms with Gasteiger partial charge in [-0.05, 0) is 32.8 Å². The van der Waals surface area contributed by atoms with Crippen LogP contribution in [0.1, 0.15) is 57.4 Å². The number of anilines is 1. The lowest BCUT2D eigenvalue weighted by molar-refractivity contribution is 0.0674. The molecule has 4 heteroatoms. The summed E-state index contributed by atoms with van der Waals surface area (Å²) in [6.45, 7) is 9.97. The number of amides is 1. The molecule has 4 nitrogen and oxygen atoms in total. The number of rotatable bonds is 7. The van der Waals surface area contributed by atoms with Gasteiger partial charge in [-0.15, -0.1) is 0 Å². The molecule has 0 aliphatic heterocycles. The highest BCUT2D eigenvalue weighted by molar-refractivity contribution is 5.94. The molecule has 0 spiro atoms. The molecule has 0 aliphatic carbocycles. The van der Waals surface area contributed by atoms with E-state index in [1.54, 1.807) is 6.07 Å². The Morgan fingerprint density at radius 3 is 2.63 bits per heavy atom. The molecule has 19 heavy (non-hydrogen) atoms. The van der Waals surface area contributed by atoms with Gasteiger partial charge in [-0.3, -0.25) is 4.79 Å². The van der Waals surface area contributed by atoms with Gasteiger partial charge in [0.25, 0.3) is 5.91 Å². The Balaban J connectivity index is 2.97. The first-order valence-electron chi connectivity index (χ1n) is 7.31. The predicted octanol–water partition coefficient (Wildman–Crippen LogP) is 3.13. The van der Waals surface area contributed by atoms with Crippen LogP contribution in [0.4, 0.5) is 5.69 Å². The summed E-state index contributed by atoms with van der Waals surface area (Å²) in [7, 11) is 0. The average Bonchev–Trinajstić information content (AvgIpc) is 2.79. The molecule has 1 heterocycles. The van der Waals surface area contributed by atoms with Gasteiger partial charge in [0.15, 0.2) is 0 Å². The second-order valence-corrected chi connectivity index (χ2v) is 5.05. The molecular weight excluding hydrogens is 238 g/mol. The van der Waals surface area contributed by atoms with Crippen molar-refractivity contribution >= 4 is 11.6 Å². The number of carbonyl (C=O) groups excluding carboxylic acids is 1. The maximum atomic E-state index is 12.7. The van der Waals surface area contributed by atoms with Gasteiger partial charge in [0.05, 0.1) is 5.69 Å². The van der Waals surface area contributed by atoms with Crippen LogP contribution in [0, 0.1) is 0 Å². The lowest BCUT2D eigenvalue weighted by Gasteiger charge is -2.29. The second-order valence-electron chi connectivity index (χ2n) is 5.05. The fourth-order valence-corrected chi connectivity index (χ4v) is 2.19. The van der Waals surface area contributed by atoms with Crippen LogP contribution in [0.25, 0.3) is 0 Å². The van der Waals surface area contributed by atoms with E-state index in [2.05, 4.69) is 20.8 Å². The summed E-state index contributed by atoms with van der Waals surface area (Å²) in [4.78, 5) is 14.7. The van der Waals surface area contributed by atoms with Gasteiger partial charge < -0.3 is 15.2 Å². The second kappa shape index (κ2) is 7.22. The fraction of sp³-hybridized carbons (Fsp3) is 0.667. The molecule has 0 fully saturated rings. The van der Waals surface area contributed by atoms with Gasteiger partial charge in [0.1, 0.15) is 5.69 Å². The first kappa shape index (κ1) is 15.6. The first-order valence-corrected chi connectivity index (χ1v) is 7.31. The summed E-state index contributed by atoms with van der Waals surface area (Å²) in [6, 6.07) is 2.05. The van der Waals surface area contributed by atoms with Crippen molar-refractivity contribution in [1.82, 2.24) is 9.47 Å². The molecule has 1 atom stereocenters. The van der Waals surface area contributed by atoms with Crippen molar-refractivity contribution in [3.8, 4) is 0 Å². The standard InChI is InChI=1S/C15H27N3O/c1-5-8-9-18(12(4)6-2)15(19)14-10-13(16)11-17(14)7-3/h10-12H,5-9,16H2,1-4H3. The maximum absolute atomic E-state index is 12.7. The van der Waals surface area contributed by atoms with Crippen LogP contribution in [-0.2, 0) is 6.54 Å². The molecule has 1 amide bonds. The third-order valence-corrected chi connectivity index (χ3v) is 3.61. The van der Waals surface area contributed by atoms with E-state index in [-0.39, 0.29) is 11.9 Å². The van der Waals surface area contributed by atoms with Crippen molar-refractivity contribution < 1.29 is 4.79 Å². The van der Waals surface area contributed by atoms with Gasteiger partial charge in [-0.2, -0.15) is 0 Å². The summed E-state index contributed by atoms with van der Waals surface area (Å²) in [5.41, 5.74) is 7.17. The number of carbonyl (C=O) groups is 1. The van der Waals surface area contributed by atoms with E-state index in [1.807, 2.05) is 22.6 Å². The Morgan fingerprint density at radius 2 is 2.11 bits per heavy atom. The summed E-state index contributed by atoms with van der Waals surface area (Å²) in [5, 5.41) is 0. The minimum Gasteiger partial charge on any atom is -0.397 e. The molecule has 1 rings (SSSR count). The summed E-state index contributed by atoms with van der Waals surface area (Å²) in [6.07, 6.45) is 4.94. The van der Waals surface area contributed by atoms with Crippen LogP contribution < -0.4 is 5.73 Å². The molecular formula is C15H27N3O. The lowest BCUT2D eigenvalue weighted by atomic mass is 10.1. The lowest BCUT2D eigenvalue weighted by Crippen LogP contribution is -2.39. The number of nitrogens with zero attached hydrogens (tertiary/aromatic N) is 2. The van der Waals surface area contributed by atoms with Crippen molar-refractivity contribution in [2.24, 2.45) is 0 Å². The van der Waals surface area contributed by atoms with Crippen LogP contribution in [0.2, 0.25) is 0 Å². The van der Waals surface area contributed by atoms with E-state index in [4.69, 9.17) is 5.73 Å². The van der Waals surface area contributed by atoms with Crippen LogP contribution >= 0.6 is 0 Å². The zero-order valence-corrected chi connectivity index (χ0v) is 12.6. The molecule has 0 saturated carbocycles. The number of unbranched alkanes of at least 4 members (excludes halogenated alkanes) is 1. The molecule has 0 bridgehead atoms. The summed E-state index contributed by atoms with van der Waals surface area (Å²) >= 11 is 0. The Hall–Kier alpha value is -1.45. The van der Waals surface area contributed by atoms with Crippen molar-refractivity contribution in [2.45, 2.75) is 59.5 Å². The number of hydrogen-bond acceptors (Lipinski definition) is 2. The molecule has 1 aromatic rings. The highest BCUT2D eigenvalue weighted by Gasteiger charge is 2.22. The van der Waals surface area contributed by atoms with Gasteiger partial charge in [-0.1, -0.05) is 20.3 Å². The number of nitrogens with two attached hydrogens (primary N) is 1. The Morgan fingerprint density at radius 1 is 1.42 bits per heavy atom. The van der Waals surface area contributed by atoms with Crippen molar-refractivity contribution in [2.75, 3.05) is 12.3 Å².